The van der Waals surface area contributed by atoms with Gasteiger partial charge in [0.2, 0.25) is 0 Å². The smallest absolute Gasteiger partial charge is 0.0743 e. The van der Waals surface area contributed by atoms with Crippen LogP contribution >= 0.6 is 0 Å². The standard InChI is InChI=1S/C14H27NO/c1-3-14(2,16)11-15-10-6-9-13(15)12-7-4-5-8-12/h12-13,16H,3-11H2,1-2H3. The second kappa shape index (κ2) is 5.05. The molecule has 2 unspecified atom stereocenters. The highest BCUT2D eigenvalue weighted by Gasteiger charge is 2.35. The number of rotatable bonds is 4. The zero-order valence-corrected chi connectivity index (χ0v) is 10.9. The largest absolute Gasteiger partial charge is 0.389 e. The molecule has 2 atom stereocenters. The van der Waals surface area contributed by atoms with Crippen LogP contribution in [0.2, 0.25) is 0 Å². The van der Waals surface area contributed by atoms with Crippen LogP contribution in [0.1, 0.15) is 58.8 Å². The van der Waals surface area contributed by atoms with Gasteiger partial charge in [-0.15, -0.1) is 0 Å². The van der Waals surface area contributed by atoms with Gasteiger partial charge in [0.05, 0.1) is 5.60 Å². The summed E-state index contributed by atoms with van der Waals surface area (Å²) in [5.41, 5.74) is -0.485. The molecular weight excluding hydrogens is 198 g/mol. The fraction of sp³-hybridized carbons (Fsp3) is 1.00. The Labute approximate surface area is 100 Å². The van der Waals surface area contributed by atoms with Gasteiger partial charge in [-0.3, -0.25) is 4.90 Å². The van der Waals surface area contributed by atoms with Crippen molar-refractivity contribution in [3.05, 3.63) is 0 Å². The molecule has 0 aromatic carbocycles. The van der Waals surface area contributed by atoms with Gasteiger partial charge in [-0.2, -0.15) is 0 Å². The van der Waals surface area contributed by atoms with Gasteiger partial charge in [-0.05, 0) is 51.5 Å². The van der Waals surface area contributed by atoms with Crippen LogP contribution in [0.3, 0.4) is 0 Å². The van der Waals surface area contributed by atoms with E-state index in [1.54, 1.807) is 0 Å². The van der Waals surface area contributed by atoms with E-state index in [0.29, 0.717) is 0 Å². The molecule has 1 aliphatic carbocycles. The number of hydrogen-bond donors (Lipinski definition) is 1. The zero-order chi connectivity index (χ0) is 11.6. The van der Waals surface area contributed by atoms with Gasteiger partial charge in [0.1, 0.15) is 0 Å². The summed E-state index contributed by atoms with van der Waals surface area (Å²) in [7, 11) is 0. The predicted octanol–water partition coefficient (Wildman–Crippen LogP) is 2.80. The number of aliphatic hydroxyl groups is 1. The first kappa shape index (κ1) is 12.4. The Bertz CT molecular complexity index is 221. The zero-order valence-electron chi connectivity index (χ0n) is 10.9. The van der Waals surface area contributed by atoms with Gasteiger partial charge in [0.15, 0.2) is 0 Å². The molecule has 1 heterocycles. The summed E-state index contributed by atoms with van der Waals surface area (Å²) in [4.78, 5) is 2.57. The van der Waals surface area contributed by atoms with E-state index in [0.717, 1.165) is 24.9 Å². The number of β-amino-alcohol motifs (C(OH)–C–C–N with tert-alkyl or cyclic N) is 1. The predicted molar refractivity (Wildman–Crippen MR) is 67.5 cm³/mol. The lowest BCUT2D eigenvalue weighted by atomic mass is 9.94. The molecule has 0 spiro atoms. The molecule has 1 N–H and O–H groups in total. The number of nitrogens with zero attached hydrogens (tertiary/aromatic N) is 1. The Morgan fingerprint density at radius 1 is 1.19 bits per heavy atom. The van der Waals surface area contributed by atoms with E-state index < -0.39 is 5.60 Å². The van der Waals surface area contributed by atoms with E-state index in [4.69, 9.17) is 0 Å². The minimum absolute atomic E-state index is 0.485. The highest BCUT2D eigenvalue weighted by atomic mass is 16.3. The molecular formula is C14H27NO. The maximum Gasteiger partial charge on any atom is 0.0743 e. The molecule has 2 aliphatic rings. The van der Waals surface area contributed by atoms with Gasteiger partial charge < -0.3 is 5.11 Å². The summed E-state index contributed by atoms with van der Waals surface area (Å²) < 4.78 is 0. The average Bonchev–Trinajstić information content (AvgIpc) is 2.86. The quantitative estimate of drug-likeness (QED) is 0.795. The molecule has 2 nitrogen and oxygen atoms in total. The van der Waals surface area contributed by atoms with Gasteiger partial charge in [0, 0.05) is 12.6 Å². The molecule has 0 radical (unpaired) electrons. The molecule has 16 heavy (non-hydrogen) atoms. The Morgan fingerprint density at radius 2 is 1.88 bits per heavy atom. The number of likely N-dealkylation sites (tertiary alicyclic amines) is 1. The molecule has 2 heteroatoms. The van der Waals surface area contributed by atoms with Gasteiger partial charge >= 0.3 is 0 Å². The Balaban J connectivity index is 1.92. The van der Waals surface area contributed by atoms with E-state index in [2.05, 4.69) is 11.8 Å². The van der Waals surface area contributed by atoms with Crippen molar-refractivity contribution in [3.63, 3.8) is 0 Å². The fourth-order valence-electron chi connectivity index (χ4n) is 3.47. The molecule has 0 amide bonds. The van der Waals surface area contributed by atoms with Crippen LogP contribution in [0.5, 0.6) is 0 Å². The maximum atomic E-state index is 10.2. The van der Waals surface area contributed by atoms with Crippen LogP contribution in [0.4, 0.5) is 0 Å². The first-order chi connectivity index (χ1) is 7.62. The third kappa shape index (κ3) is 2.78. The molecule has 1 saturated heterocycles. The van der Waals surface area contributed by atoms with E-state index >= 15 is 0 Å². The van der Waals surface area contributed by atoms with E-state index in [1.165, 1.54) is 45.1 Å². The minimum Gasteiger partial charge on any atom is -0.389 e. The van der Waals surface area contributed by atoms with Gasteiger partial charge in [0.25, 0.3) is 0 Å². The third-order valence-electron chi connectivity index (χ3n) is 4.66. The van der Waals surface area contributed by atoms with Crippen LogP contribution in [-0.2, 0) is 0 Å². The summed E-state index contributed by atoms with van der Waals surface area (Å²) in [6.45, 7) is 6.15. The van der Waals surface area contributed by atoms with Crippen molar-refractivity contribution in [2.24, 2.45) is 5.92 Å². The van der Waals surface area contributed by atoms with Crippen LogP contribution in [0.25, 0.3) is 0 Å². The lowest BCUT2D eigenvalue weighted by Crippen LogP contribution is -2.44. The van der Waals surface area contributed by atoms with E-state index in [1.807, 2.05) is 6.92 Å². The van der Waals surface area contributed by atoms with Crippen molar-refractivity contribution < 1.29 is 5.11 Å². The molecule has 2 fully saturated rings. The lowest BCUT2D eigenvalue weighted by molar-refractivity contribution is 0.00573. The van der Waals surface area contributed by atoms with E-state index in [-0.39, 0.29) is 0 Å². The minimum atomic E-state index is -0.485. The summed E-state index contributed by atoms with van der Waals surface area (Å²) in [6, 6.07) is 0.778. The Kier molecular flexibility index (Phi) is 3.91. The second-order valence-corrected chi connectivity index (χ2v) is 6.08. The molecule has 0 aromatic rings. The van der Waals surface area contributed by atoms with Crippen molar-refractivity contribution in [2.45, 2.75) is 70.4 Å². The first-order valence-corrected chi connectivity index (χ1v) is 7.09. The van der Waals surface area contributed by atoms with Crippen molar-refractivity contribution in [1.82, 2.24) is 4.90 Å². The highest BCUT2D eigenvalue weighted by molar-refractivity contribution is 4.90. The van der Waals surface area contributed by atoms with Crippen molar-refractivity contribution in [1.29, 1.82) is 0 Å². The first-order valence-electron chi connectivity index (χ1n) is 7.09. The van der Waals surface area contributed by atoms with Crippen LogP contribution in [0.15, 0.2) is 0 Å². The Hall–Kier alpha value is -0.0800. The molecule has 2 rings (SSSR count). The highest BCUT2D eigenvalue weighted by Crippen LogP contribution is 2.36. The Morgan fingerprint density at radius 3 is 2.50 bits per heavy atom. The normalized spacial score (nSPS) is 32.1. The van der Waals surface area contributed by atoms with Gasteiger partial charge in [-0.1, -0.05) is 19.8 Å². The topological polar surface area (TPSA) is 23.5 Å². The molecule has 0 aromatic heterocycles. The summed E-state index contributed by atoms with van der Waals surface area (Å²) >= 11 is 0. The fourth-order valence-corrected chi connectivity index (χ4v) is 3.47. The third-order valence-corrected chi connectivity index (χ3v) is 4.66. The van der Waals surface area contributed by atoms with Crippen molar-refractivity contribution in [2.75, 3.05) is 13.1 Å². The lowest BCUT2D eigenvalue weighted by Gasteiger charge is -2.34. The molecule has 94 valence electrons. The molecule has 0 bridgehead atoms. The summed E-state index contributed by atoms with van der Waals surface area (Å²) in [5, 5.41) is 10.2. The van der Waals surface area contributed by atoms with Crippen molar-refractivity contribution in [3.8, 4) is 0 Å². The monoisotopic (exact) mass is 225 g/mol. The van der Waals surface area contributed by atoms with Crippen molar-refractivity contribution >= 4 is 0 Å². The summed E-state index contributed by atoms with van der Waals surface area (Å²) in [6.07, 6.45) is 9.27. The van der Waals surface area contributed by atoms with Crippen LogP contribution < -0.4 is 0 Å². The average molecular weight is 225 g/mol. The van der Waals surface area contributed by atoms with Crippen LogP contribution in [-0.4, -0.2) is 34.7 Å². The summed E-state index contributed by atoms with van der Waals surface area (Å²) in [5.74, 6) is 0.926. The SMILES string of the molecule is CCC(C)(O)CN1CCCC1C1CCCC1. The second-order valence-electron chi connectivity index (χ2n) is 6.08. The maximum absolute atomic E-state index is 10.2. The molecule has 1 aliphatic heterocycles. The molecule has 1 saturated carbocycles. The van der Waals surface area contributed by atoms with Gasteiger partial charge in [-0.25, -0.2) is 0 Å². The van der Waals surface area contributed by atoms with E-state index in [9.17, 15) is 5.11 Å². The van der Waals surface area contributed by atoms with Crippen LogP contribution in [0, 0.1) is 5.92 Å². The number of hydrogen-bond acceptors (Lipinski definition) is 2.